The lowest BCUT2D eigenvalue weighted by Crippen LogP contribution is -2.16. The third-order valence-electron chi connectivity index (χ3n) is 3.53. The lowest BCUT2D eigenvalue weighted by molar-refractivity contribution is 0.406. The molecule has 0 saturated carbocycles. The molecule has 2 N–H and O–H groups in total. The summed E-state index contributed by atoms with van der Waals surface area (Å²) in [6.07, 6.45) is 2.15. The lowest BCUT2D eigenvalue weighted by atomic mass is 9.99. The van der Waals surface area contributed by atoms with Gasteiger partial charge in [0.1, 0.15) is 5.75 Å². The summed E-state index contributed by atoms with van der Waals surface area (Å²) in [5, 5.41) is 0. The number of aromatic nitrogens is 1. The van der Waals surface area contributed by atoms with Crippen LogP contribution in [0.25, 0.3) is 0 Å². The molecule has 1 unspecified atom stereocenters. The predicted octanol–water partition coefficient (Wildman–Crippen LogP) is 3.23. The SMILES string of the molecule is COc1c(C)cnc(CC(N)c2ccc(F)c(F)c2)c1C. The second-order valence-electron chi connectivity index (χ2n) is 5.03. The molecule has 1 aromatic heterocycles. The van der Waals surface area contributed by atoms with Gasteiger partial charge in [0.15, 0.2) is 11.6 Å². The average Bonchev–Trinajstić information content (AvgIpc) is 2.45. The molecule has 0 aliphatic carbocycles. The molecule has 0 saturated heterocycles. The average molecular weight is 292 g/mol. The Kier molecular flexibility index (Phi) is 4.53. The van der Waals surface area contributed by atoms with E-state index < -0.39 is 17.7 Å². The highest BCUT2D eigenvalue weighted by Gasteiger charge is 2.15. The van der Waals surface area contributed by atoms with Crippen molar-refractivity contribution in [2.45, 2.75) is 26.3 Å². The van der Waals surface area contributed by atoms with Crippen molar-refractivity contribution in [1.82, 2.24) is 4.98 Å². The molecule has 0 radical (unpaired) electrons. The third kappa shape index (κ3) is 3.19. The fourth-order valence-electron chi connectivity index (χ4n) is 2.35. The molecule has 0 aliphatic heterocycles. The van der Waals surface area contributed by atoms with Crippen molar-refractivity contribution in [3.05, 3.63) is 58.4 Å². The first-order chi connectivity index (χ1) is 9.93. The second kappa shape index (κ2) is 6.18. The molecule has 3 nitrogen and oxygen atoms in total. The van der Waals surface area contributed by atoms with Gasteiger partial charge >= 0.3 is 0 Å². The minimum Gasteiger partial charge on any atom is -0.496 e. The number of halogens is 2. The summed E-state index contributed by atoms with van der Waals surface area (Å²) < 4.78 is 31.6. The predicted molar refractivity (Wildman–Crippen MR) is 77.3 cm³/mol. The molecule has 2 aromatic rings. The van der Waals surface area contributed by atoms with Crippen molar-refractivity contribution < 1.29 is 13.5 Å². The van der Waals surface area contributed by atoms with Crippen LogP contribution in [0.5, 0.6) is 5.75 Å². The fraction of sp³-hybridized carbons (Fsp3) is 0.312. The fourth-order valence-corrected chi connectivity index (χ4v) is 2.35. The van der Waals surface area contributed by atoms with Crippen LogP contribution in [0.15, 0.2) is 24.4 Å². The number of rotatable bonds is 4. The zero-order valence-corrected chi connectivity index (χ0v) is 12.3. The Morgan fingerprint density at radius 3 is 2.57 bits per heavy atom. The second-order valence-corrected chi connectivity index (χ2v) is 5.03. The Bertz CT molecular complexity index is 659. The zero-order valence-electron chi connectivity index (χ0n) is 12.3. The van der Waals surface area contributed by atoms with Gasteiger partial charge in [-0.1, -0.05) is 6.07 Å². The van der Waals surface area contributed by atoms with E-state index in [9.17, 15) is 8.78 Å². The highest BCUT2D eigenvalue weighted by Crippen LogP contribution is 2.26. The molecule has 1 aromatic carbocycles. The maximum absolute atomic E-state index is 13.3. The van der Waals surface area contributed by atoms with Gasteiger partial charge in [0.05, 0.1) is 7.11 Å². The van der Waals surface area contributed by atoms with Crippen LogP contribution < -0.4 is 10.5 Å². The Balaban J connectivity index is 2.27. The standard InChI is InChI=1S/C16H18F2N2O/c1-9-8-20-15(10(2)16(9)21-3)7-14(19)11-4-5-12(17)13(18)6-11/h4-6,8,14H,7,19H2,1-3H3. The summed E-state index contributed by atoms with van der Waals surface area (Å²) in [5.41, 5.74) is 9.26. The number of hydrogen-bond acceptors (Lipinski definition) is 3. The number of benzene rings is 1. The van der Waals surface area contributed by atoms with Crippen LogP contribution in [-0.2, 0) is 6.42 Å². The van der Waals surface area contributed by atoms with E-state index in [0.29, 0.717) is 12.0 Å². The molecule has 1 heterocycles. The molecule has 0 bridgehead atoms. The quantitative estimate of drug-likeness (QED) is 0.941. The molecule has 0 amide bonds. The number of hydrogen-bond donors (Lipinski definition) is 1. The first-order valence-corrected chi connectivity index (χ1v) is 6.63. The van der Waals surface area contributed by atoms with E-state index in [4.69, 9.17) is 10.5 Å². The zero-order chi connectivity index (χ0) is 15.6. The van der Waals surface area contributed by atoms with Crippen molar-refractivity contribution in [1.29, 1.82) is 0 Å². The molecule has 112 valence electrons. The van der Waals surface area contributed by atoms with Gasteiger partial charge in [-0.2, -0.15) is 0 Å². The van der Waals surface area contributed by atoms with Gasteiger partial charge in [-0.25, -0.2) is 8.78 Å². The number of nitrogens with zero attached hydrogens (tertiary/aromatic N) is 1. The Labute approximate surface area is 122 Å². The molecule has 0 spiro atoms. The maximum Gasteiger partial charge on any atom is 0.159 e. The van der Waals surface area contributed by atoms with E-state index in [1.54, 1.807) is 13.3 Å². The Morgan fingerprint density at radius 1 is 1.24 bits per heavy atom. The van der Waals surface area contributed by atoms with Gasteiger partial charge in [-0.3, -0.25) is 4.98 Å². The number of pyridine rings is 1. The van der Waals surface area contributed by atoms with Crippen LogP contribution in [-0.4, -0.2) is 12.1 Å². The summed E-state index contributed by atoms with van der Waals surface area (Å²) in [7, 11) is 1.61. The van der Waals surface area contributed by atoms with Crippen LogP contribution in [0.4, 0.5) is 8.78 Å². The van der Waals surface area contributed by atoms with Crippen molar-refractivity contribution in [3.8, 4) is 5.75 Å². The highest BCUT2D eigenvalue weighted by atomic mass is 19.2. The summed E-state index contributed by atoms with van der Waals surface area (Å²) >= 11 is 0. The molecular weight excluding hydrogens is 274 g/mol. The van der Waals surface area contributed by atoms with Crippen molar-refractivity contribution in [2.75, 3.05) is 7.11 Å². The van der Waals surface area contributed by atoms with E-state index in [0.717, 1.165) is 34.7 Å². The largest absolute Gasteiger partial charge is 0.496 e. The van der Waals surface area contributed by atoms with Crippen LogP contribution in [0.1, 0.15) is 28.4 Å². The topological polar surface area (TPSA) is 48.1 Å². The molecule has 1 atom stereocenters. The summed E-state index contributed by atoms with van der Waals surface area (Å²) in [6, 6.07) is 3.24. The van der Waals surface area contributed by atoms with Gasteiger partial charge in [0.25, 0.3) is 0 Å². The van der Waals surface area contributed by atoms with E-state index in [-0.39, 0.29) is 0 Å². The van der Waals surface area contributed by atoms with Crippen LogP contribution in [0, 0.1) is 25.5 Å². The first-order valence-electron chi connectivity index (χ1n) is 6.63. The van der Waals surface area contributed by atoms with Crippen LogP contribution in [0.2, 0.25) is 0 Å². The normalized spacial score (nSPS) is 12.3. The molecule has 2 rings (SSSR count). The van der Waals surface area contributed by atoms with Gasteiger partial charge in [0, 0.05) is 35.5 Å². The molecule has 0 fully saturated rings. The number of aryl methyl sites for hydroxylation is 1. The number of methoxy groups -OCH3 is 1. The van der Waals surface area contributed by atoms with Crippen molar-refractivity contribution >= 4 is 0 Å². The molecule has 5 heteroatoms. The first kappa shape index (κ1) is 15.4. The highest BCUT2D eigenvalue weighted by molar-refractivity contribution is 5.41. The molecule has 21 heavy (non-hydrogen) atoms. The Hall–Kier alpha value is -2.01. The number of nitrogens with two attached hydrogens (primary N) is 1. The minimum atomic E-state index is -0.894. The van der Waals surface area contributed by atoms with Gasteiger partial charge in [-0.05, 0) is 31.5 Å². The van der Waals surface area contributed by atoms with E-state index in [1.807, 2.05) is 13.8 Å². The summed E-state index contributed by atoms with van der Waals surface area (Å²) in [4.78, 5) is 4.36. The van der Waals surface area contributed by atoms with Crippen molar-refractivity contribution in [2.24, 2.45) is 5.73 Å². The van der Waals surface area contributed by atoms with Crippen LogP contribution in [0.3, 0.4) is 0 Å². The number of ether oxygens (including phenoxy) is 1. The smallest absolute Gasteiger partial charge is 0.159 e. The van der Waals surface area contributed by atoms with E-state index >= 15 is 0 Å². The van der Waals surface area contributed by atoms with Gasteiger partial charge in [0.2, 0.25) is 0 Å². The summed E-state index contributed by atoms with van der Waals surface area (Å²) in [5.74, 6) is -0.996. The monoisotopic (exact) mass is 292 g/mol. The minimum absolute atomic E-state index is 0.424. The maximum atomic E-state index is 13.3. The van der Waals surface area contributed by atoms with Gasteiger partial charge in [-0.15, -0.1) is 0 Å². The lowest BCUT2D eigenvalue weighted by Gasteiger charge is -2.16. The summed E-state index contributed by atoms with van der Waals surface area (Å²) in [6.45, 7) is 3.82. The third-order valence-corrected chi connectivity index (χ3v) is 3.53. The van der Waals surface area contributed by atoms with Gasteiger partial charge < -0.3 is 10.5 Å². The molecule has 0 aliphatic rings. The van der Waals surface area contributed by atoms with E-state index in [1.165, 1.54) is 6.07 Å². The Morgan fingerprint density at radius 2 is 1.95 bits per heavy atom. The van der Waals surface area contributed by atoms with E-state index in [2.05, 4.69) is 4.98 Å². The van der Waals surface area contributed by atoms with Crippen LogP contribution >= 0.6 is 0 Å². The van der Waals surface area contributed by atoms with Crippen molar-refractivity contribution in [3.63, 3.8) is 0 Å². The molecular formula is C16H18F2N2O.